The fourth-order valence-corrected chi connectivity index (χ4v) is 2.65. The summed E-state index contributed by atoms with van der Waals surface area (Å²) in [5.41, 5.74) is -4.45. The molecule has 1 heterocycles. The van der Waals surface area contributed by atoms with Gasteiger partial charge in [0.05, 0.1) is 12.2 Å². The minimum atomic E-state index is -2.37. The van der Waals surface area contributed by atoms with Gasteiger partial charge in [-0.05, 0) is 6.92 Å². The van der Waals surface area contributed by atoms with E-state index in [1.54, 1.807) is 0 Å². The highest BCUT2D eigenvalue weighted by atomic mass is 16.6. The Morgan fingerprint density at radius 2 is 1.61 bits per heavy atom. The van der Waals surface area contributed by atoms with Gasteiger partial charge in [0.2, 0.25) is 0 Å². The molecule has 106 valence electrons. The lowest BCUT2D eigenvalue weighted by Gasteiger charge is -2.56. The molecule has 0 spiro atoms. The summed E-state index contributed by atoms with van der Waals surface area (Å²) in [6, 6.07) is 0. The van der Waals surface area contributed by atoms with Crippen LogP contribution >= 0.6 is 0 Å². The number of rotatable bonds is 0. The Kier molecular flexibility index (Phi) is 3.20. The minimum Gasteiger partial charge on any atom is -0.390 e. The fourth-order valence-electron chi connectivity index (χ4n) is 2.65. The first kappa shape index (κ1) is 14.1. The third-order valence-corrected chi connectivity index (χ3v) is 4.01. The van der Waals surface area contributed by atoms with E-state index in [-0.39, 0.29) is 6.42 Å². The number of ether oxygens (including phenoxy) is 1. The predicted octanol–water partition coefficient (Wildman–Crippen LogP) is -3.97. The summed E-state index contributed by atoms with van der Waals surface area (Å²) in [6.07, 6.45) is -10.5. The maximum absolute atomic E-state index is 10.3. The molecule has 8 atom stereocenters. The Hall–Kier alpha value is -0.320. The molecule has 0 aromatic heterocycles. The molecule has 8 heteroatoms. The van der Waals surface area contributed by atoms with E-state index in [0.717, 1.165) is 6.92 Å². The first-order chi connectivity index (χ1) is 8.13. The molecule has 1 aliphatic heterocycles. The molecule has 2 aliphatic rings. The number of hydrogen-bond donors (Lipinski definition) is 7. The van der Waals surface area contributed by atoms with Crippen molar-refractivity contribution in [2.24, 2.45) is 0 Å². The largest absolute Gasteiger partial charge is 0.390 e. The van der Waals surface area contributed by atoms with Crippen LogP contribution in [0.15, 0.2) is 0 Å². The highest BCUT2D eigenvalue weighted by Crippen LogP contribution is 2.43. The molecule has 0 bridgehead atoms. The Bertz CT molecular complexity index is 334. The second-order valence-electron chi connectivity index (χ2n) is 5.22. The Morgan fingerprint density at radius 1 is 1.06 bits per heavy atom. The number of aliphatic hydroxyl groups is 7. The van der Waals surface area contributed by atoms with Gasteiger partial charge in [-0.2, -0.15) is 0 Å². The molecule has 0 aromatic rings. The molecule has 0 radical (unpaired) electrons. The van der Waals surface area contributed by atoms with Crippen LogP contribution < -0.4 is 0 Å². The fraction of sp³-hybridized carbons (Fsp3) is 1.00. The lowest BCUT2D eigenvalue weighted by atomic mass is 9.65. The minimum absolute atomic E-state index is 0.304. The maximum atomic E-state index is 10.3. The van der Waals surface area contributed by atoms with Gasteiger partial charge >= 0.3 is 0 Å². The van der Waals surface area contributed by atoms with Crippen molar-refractivity contribution in [3.05, 3.63) is 0 Å². The van der Waals surface area contributed by atoms with E-state index in [0.29, 0.717) is 0 Å². The van der Waals surface area contributed by atoms with Crippen molar-refractivity contribution >= 4 is 0 Å². The molecule has 1 aliphatic carbocycles. The van der Waals surface area contributed by atoms with Gasteiger partial charge in [0.1, 0.15) is 29.5 Å². The summed E-state index contributed by atoms with van der Waals surface area (Å²) in [6.45, 7) is 1.10. The number of aliphatic hydroxyl groups excluding tert-OH is 5. The number of hydrogen-bond acceptors (Lipinski definition) is 8. The average Bonchev–Trinajstić information content (AvgIpc) is 2.30. The summed E-state index contributed by atoms with van der Waals surface area (Å²) in [5.74, 6) is 0. The van der Waals surface area contributed by atoms with E-state index in [9.17, 15) is 35.7 Å². The molecule has 1 saturated heterocycles. The molecule has 8 nitrogen and oxygen atoms in total. The zero-order valence-electron chi connectivity index (χ0n) is 9.71. The van der Waals surface area contributed by atoms with Crippen LogP contribution in [0.3, 0.4) is 0 Å². The molecule has 2 rings (SSSR count). The lowest BCUT2D eigenvalue weighted by molar-refractivity contribution is -0.371. The average molecular weight is 266 g/mol. The van der Waals surface area contributed by atoms with Crippen molar-refractivity contribution in [1.82, 2.24) is 0 Å². The lowest BCUT2D eigenvalue weighted by Crippen LogP contribution is -2.79. The zero-order valence-corrected chi connectivity index (χ0v) is 9.71. The normalized spacial score (nSPS) is 61.3. The van der Waals surface area contributed by atoms with Gasteiger partial charge in [-0.3, -0.25) is 0 Å². The summed E-state index contributed by atoms with van der Waals surface area (Å²) in [4.78, 5) is 0. The SMILES string of the molecule is C[C@@]1(O)[C@@H](O)C[C@H]2O[C@H](O)[C@H](O)[C@@H](O)[C@]2(O)[C@H]1O. The van der Waals surface area contributed by atoms with E-state index in [1.807, 2.05) is 0 Å². The van der Waals surface area contributed by atoms with Crippen LogP contribution in [0, 0.1) is 0 Å². The van der Waals surface area contributed by atoms with Crippen LogP contribution in [-0.2, 0) is 4.74 Å². The topological polar surface area (TPSA) is 151 Å². The number of fused-ring (bicyclic) bond motifs is 1. The monoisotopic (exact) mass is 266 g/mol. The molecule has 18 heavy (non-hydrogen) atoms. The van der Waals surface area contributed by atoms with Crippen LogP contribution in [0.25, 0.3) is 0 Å². The third kappa shape index (κ3) is 1.62. The molecule has 0 unspecified atom stereocenters. The maximum Gasteiger partial charge on any atom is 0.183 e. The van der Waals surface area contributed by atoms with Crippen molar-refractivity contribution < 1.29 is 40.5 Å². The van der Waals surface area contributed by atoms with Crippen molar-refractivity contribution in [2.75, 3.05) is 0 Å². The summed E-state index contributed by atoms with van der Waals surface area (Å²) < 4.78 is 4.87. The second-order valence-corrected chi connectivity index (χ2v) is 5.22. The van der Waals surface area contributed by atoms with Crippen molar-refractivity contribution in [3.63, 3.8) is 0 Å². The standard InChI is InChI=1S/C10H18O8/c1-9(16)3(11)2-4-10(17,8(9)15)6(13)5(12)7(14)18-4/h3-8,11-17H,2H2,1H3/t3-,4+,5+,6+,7-,8-,9+,10-/m0/s1. The molecule has 0 aromatic carbocycles. The molecule has 0 amide bonds. The smallest absolute Gasteiger partial charge is 0.183 e. The van der Waals surface area contributed by atoms with Crippen molar-refractivity contribution in [2.45, 2.75) is 61.4 Å². The first-order valence-corrected chi connectivity index (χ1v) is 5.64. The van der Waals surface area contributed by atoms with Crippen LogP contribution in [0.4, 0.5) is 0 Å². The Labute approximate surface area is 103 Å². The van der Waals surface area contributed by atoms with E-state index in [4.69, 9.17) is 4.74 Å². The second kappa shape index (κ2) is 4.09. The van der Waals surface area contributed by atoms with Crippen LogP contribution in [0.5, 0.6) is 0 Å². The van der Waals surface area contributed by atoms with Crippen LogP contribution in [-0.4, -0.2) is 83.8 Å². The third-order valence-electron chi connectivity index (χ3n) is 4.01. The quantitative estimate of drug-likeness (QED) is 0.234. The summed E-state index contributed by atoms with van der Waals surface area (Å²) in [7, 11) is 0. The van der Waals surface area contributed by atoms with Gasteiger partial charge in [0, 0.05) is 6.42 Å². The van der Waals surface area contributed by atoms with Crippen molar-refractivity contribution in [1.29, 1.82) is 0 Å². The molecule has 1 saturated carbocycles. The first-order valence-electron chi connectivity index (χ1n) is 5.64. The predicted molar refractivity (Wildman–Crippen MR) is 55.1 cm³/mol. The molecule has 7 N–H and O–H groups in total. The van der Waals surface area contributed by atoms with Gasteiger partial charge in [-0.15, -0.1) is 0 Å². The zero-order chi connectivity index (χ0) is 13.9. The summed E-state index contributed by atoms with van der Waals surface area (Å²) in [5, 5.41) is 68.4. The molecular formula is C10H18O8. The van der Waals surface area contributed by atoms with E-state index >= 15 is 0 Å². The van der Waals surface area contributed by atoms with Gasteiger partial charge in [-0.1, -0.05) is 0 Å². The highest BCUT2D eigenvalue weighted by molar-refractivity contribution is 5.16. The van der Waals surface area contributed by atoms with Gasteiger partial charge < -0.3 is 40.5 Å². The van der Waals surface area contributed by atoms with Gasteiger partial charge in [-0.25, -0.2) is 0 Å². The van der Waals surface area contributed by atoms with Crippen LogP contribution in [0.2, 0.25) is 0 Å². The highest BCUT2D eigenvalue weighted by Gasteiger charge is 2.66. The van der Waals surface area contributed by atoms with E-state index in [2.05, 4.69) is 0 Å². The van der Waals surface area contributed by atoms with Gasteiger partial charge in [0.25, 0.3) is 0 Å². The molecule has 2 fully saturated rings. The Morgan fingerprint density at radius 3 is 2.17 bits per heavy atom. The van der Waals surface area contributed by atoms with E-state index < -0.39 is 48.0 Å². The van der Waals surface area contributed by atoms with Crippen molar-refractivity contribution in [3.8, 4) is 0 Å². The van der Waals surface area contributed by atoms with Crippen LogP contribution in [0.1, 0.15) is 13.3 Å². The van der Waals surface area contributed by atoms with E-state index in [1.165, 1.54) is 0 Å². The Balaban J connectivity index is 2.40. The van der Waals surface area contributed by atoms with Gasteiger partial charge in [0.15, 0.2) is 6.29 Å². The molecular weight excluding hydrogens is 248 g/mol. The summed E-state index contributed by atoms with van der Waals surface area (Å²) >= 11 is 0.